The first-order valence-electron chi connectivity index (χ1n) is 7.96. The molecule has 7 nitrogen and oxygen atoms in total. The van der Waals surface area contributed by atoms with Gasteiger partial charge in [-0.1, -0.05) is 0 Å². The van der Waals surface area contributed by atoms with Crippen LogP contribution in [0.5, 0.6) is 5.75 Å². The fourth-order valence-electron chi connectivity index (χ4n) is 3.25. The predicted molar refractivity (Wildman–Crippen MR) is 88.7 cm³/mol. The Hall–Kier alpha value is -2.45. The number of aliphatic hydroxyl groups is 1. The highest BCUT2D eigenvalue weighted by Crippen LogP contribution is 2.29. The van der Waals surface area contributed by atoms with Gasteiger partial charge in [0.05, 0.1) is 24.8 Å². The number of benzene rings is 1. The molecule has 3 unspecified atom stereocenters. The number of hydrogen-bond donors (Lipinski definition) is 2. The molecule has 3 rings (SSSR count). The van der Waals surface area contributed by atoms with Crippen molar-refractivity contribution in [3.63, 3.8) is 0 Å². The summed E-state index contributed by atoms with van der Waals surface area (Å²) in [4.78, 5) is 21.7. The van der Waals surface area contributed by atoms with Gasteiger partial charge in [-0.05, 0) is 42.7 Å². The van der Waals surface area contributed by atoms with E-state index in [0.717, 1.165) is 16.5 Å². The summed E-state index contributed by atoms with van der Waals surface area (Å²) in [6.07, 6.45) is -1.58. The quantitative estimate of drug-likeness (QED) is 0.816. The van der Waals surface area contributed by atoms with Crippen LogP contribution in [0.15, 0.2) is 30.5 Å². The summed E-state index contributed by atoms with van der Waals surface area (Å²) >= 11 is 0. The van der Waals surface area contributed by atoms with Crippen molar-refractivity contribution in [3.8, 4) is 5.75 Å². The third-order valence-electron chi connectivity index (χ3n) is 4.60. The van der Waals surface area contributed by atoms with E-state index in [1.165, 1.54) is 4.90 Å². The van der Waals surface area contributed by atoms with Gasteiger partial charge in [-0.2, -0.15) is 5.90 Å². The number of alkyl halides is 1. The minimum Gasteiger partial charge on any atom is -0.497 e. The van der Waals surface area contributed by atoms with Gasteiger partial charge in [0.25, 0.3) is 0 Å². The van der Waals surface area contributed by atoms with Gasteiger partial charge in [-0.25, -0.2) is 9.18 Å². The van der Waals surface area contributed by atoms with Crippen molar-refractivity contribution in [3.05, 3.63) is 36.0 Å². The monoisotopic (exact) mass is 349 g/mol. The molecule has 1 aliphatic rings. The van der Waals surface area contributed by atoms with Crippen molar-refractivity contribution in [2.24, 2.45) is 5.90 Å². The van der Waals surface area contributed by atoms with Gasteiger partial charge in [0.1, 0.15) is 11.9 Å². The Morgan fingerprint density at radius 3 is 3.00 bits per heavy atom. The molecule has 0 aliphatic carbocycles. The van der Waals surface area contributed by atoms with E-state index >= 15 is 0 Å². The number of hydrogen-bond acceptors (Lipinski definition) is 6. The molecule has 1 amide bonds. The fraction of sp³-hybridized carbons (Fsp3) is 0.412. The molecule has 1 aromatic carbocycles. The SMILES string of the molecule is COc1ccc2nccc(CC3C(F)C(O)CCN3C(=O)ON)c2c1. The Morgan fingerprint density at radius 1 is 1.48 bits per heavy atom. The summed E-state index contributed by atoms with van der Waals surface area (Å²) in [5, 5.41) is 10.7. The molecule has 2 heterocycles. The summed E-state index contributed by atoms with van der Waals surface area (Å²) in [6.45, 7) is 0.175. The number of aromatic nitrogens is 1. The number of carbonyl (C=O) groups excluding carboxylic acids is 1. The number of pyridine rings is 1. The van der Waals surface area contributed by atoms with Crippen LogP contribution in [-0.2, 0) is 11.3 Å². The Bertz CT molecular complexity index is 773. The number of fused-ring (bicyclic) bond motifs is 1. The lowest BCUT2D eigenvalue weighted by Crippen LogP contribution is -2.56. The molecule has 1 saturated heterocycles. The van der Waals surface area contributed by atoms with E-state index in [2.05, 4.69) is 9.82 Å². The molecular weight excluding hydrogens is 329 g/mol. The van der Waals surface area contributed by atoms with Crippen LogP contribution in [0.4, 0.5) is 9.18 Å². The Kier molecular flexibility index (Phi) is 5.00. The number of nitrogens with zero attached hydrogens (tertiary/aromatic N) is 2. The second-order valence-electron chi connectivity index (χ2n) is 6.00. The van der Waals surface area contributed by atoms with Gasteiger partial charge < -0.3 is 19.6 Å². The van der Waals surface area contributed by atoms with Crippen LogP contribution in [0, 0.1) is 0 Å². The Morgan fingerprint density at radius 2 is 2.28 bits per heavy atom. The normalized spacial score (nSPS) is 23.5. The highest BCUT2D eigenvalue weighted by atomic mass is 19.1. The summed E-state index contributed by atoms with van der Waals surface area (Å²) in [7, 11) is 1.56. The van der Waals surface area contributed by atoms with E-state index in [1.54, 1.807) is 25.4 Å². The molecule has 0 saturated carbocycles. The van der Waals surface area contributed by atoms with E-state index in [-0.39, 0.29) is 19.4 Å². The van der Waals surface area contributed by atoms with E-state index in [0.29, 0.717) is 5.75 Å². The molecule has 1 aliphatic heterocycles. The molecule has 134 valence electrons. The molecular formula is C17H20FN3O4. The van der Waals surface area contributed by atoms with Crippen LogP contribution in [0.1, 0.15) is 12.0 Å². The summed E-state index contributed by atoms with van der Waals surface area (Å²) in [6, 6.07) is 6.31. The average molecular weight is 349 g/mol. The maximum atomic E-state index is 14.6. The van der Waals surface area contributed by atoms with Crippen LogP contribution in [0.3, 0.4) is 0 Å². The first-order chi connectivity index (χ1) is 12.0. The van der Waals surface area contributed by atoms with Crippen molar-refractivity contribution in [2.45, 2.75) is 31.2 Å². The predicted octanol–water partition coefficient (Wildman–Crippen LogP) is 1.57. The van der Waals surface area contributed by atoms with Crippen LogP contribution >= 0.6 is 0 Å². The number of ether oxygens (including phenoxy) is 1. The standard InChI is InChI=1S/C17H20FN3O4/c1-24-11-2-3-13-12(9-11)10(4-6-20-13)8-14-16(18)15(22)5-7-21(14)17(23)25-19/h2-4,6,9,14-16,22H,5,7-8,19H2,1H3. The maximum Gasteiger partial charge on any atom is 0.428 e. The minimum absolute atomic E-state index is 0.137. The van der Waals surface area contributed by atoms with Gasteiger partial charge in [-0.3, -0.25) is 4.98 Å². The molecule has 25 heavy (non-hydrogen) atoms. The summed E-state index contributed by atoms with van der Waals surface area (Å²) in [5.74, 6) is 5.62. The van der Waals surface area contributed by atoms with Crippen molar-refractivity contribution >= 4 is 17.0 Å². The van der Waals surface area contributed by atoms with E-state index in [1.807, 2.05) is 12.1 Å². The Labute approximate surface area is 144 Å². The lowest BCUT2D eigenvalue weighted by Gasteiger charge is -2.39. The maximum absolute atomic E-state index is 14.6. The zero-order chi connectivity index (χ0) is 18.0. The first-order valence-corrected chi connectivity index (χ1v) is 7.96. The lowest BCUT2D eigenvalue weighted by molar-refractivity contribution is -0.0319. The summed E-state index contributed by atoms with van der Waals surface area (Å²) < 4.78 is 19.9. The molecule has 1 aromatic heterocycles. The number of aliphatic hydroxyl groups excluding tert-OH is 1. The van der Waals surface area contributed by atoms with Gasteiger partial charge in [-0.15, -0.1) is 0 Å². The molecule has 3 atom stereocenters. The number of rotatable bonds is 3. The van der Waals surface area contributed by atoms with Gasteiger partial charge in [0, 0.05) is 18.1 Å². The molecule has 3 N–H and O–H groups in total. The number of likely N-dealkylation sites (tertiary alicyclic amines) is 1. The molecule has 1 fully saturated rings. The summed E-state index contributed by atoms with van der Waals surface area (Å²) in [5.41, 5.74) is 1.53. The average Bonchev–Trinajstić information content (AvgIpc) is 2.64. The number of piperidine rings is 1. The van der Waals surface area contributed by atoms with Crippen LogP contribution in [0.2, 0.25) is 0 Å². The Balaban J connectivity index is 1.98. The van der Waals surface area contributed by atoms with E-state index < -0.39 is 24.4 Å². The van der Waals surface area contributed by atoms with Crippen LogP contribution in [0.25, 0.3) is 10.9 Å². The van der Waals surface area contributed by atoms with Gasteiger partial charge >= 0.3 is 6.09 Å². The zero-order valence-corrected chi connectivity index (χ0v) is 13.8. The minimum atomic E-state index is -1.60. The van der Waals surface area contributed by atoms with E-state index in [9.17, 15) is 14.3 Å². The van der Waals surface area contributed by atoms with Crippen molar-refractivity contribution in [2.75, 3.05) is 13.7 Å². The van der Waals surface area contributed by atoms with E-state index in [4.69, 9.17) is 10.6 Å². The lowest BCUT2D eigenvalue weighted by atomic mass is 9.91. The van der Waals surface area contributed by atoms with Crippen molar-refractivity contribution in [1.82, 2.24) is 9.88 Å². The number of amides is 1. The zero-order valence-electron chi connectivity index (χ0n) is 13.8. The second kappa shape index (κ2) is 7.20. The van der Waals surface area contributed by atoms with Crippen LogP contribution in [-0.4, -0.2) is 53.1 Å². The highest BCUT2D eigenvalue weighted by molar-refractivity contribution is 5.83. The highest BCUT2D eigenvalue weighted by Gasteiger charge is 2.40. The van der Waals surface area contributed by atoms with Gasteiger partial charge in [0.2, 0.25) is 0 Å². The molecule has 0 spiro atoms. The molecule has 0 radical (unpaired) electrons. The fourth-order valence-corrected chi connectivity index (χ4v) is 3.25. The first kappa shape index (κ1) is 17.4. The van der Waals surface area contributed by atoms with Crippen molar-refractivity contribution < 1.29 is 23.9 Å². The largest absolute Gasteiger partial charge is 0.497 e. The van der Waals surface area contributed by atoms with Crippen LogP contribution < -0.4 is 10.6 Å². The van der Waals surface area contributed by atoms with Gasteiger partial charge in [0.15, 0.2) is 0 Å². The third kappa shape index (κ3) is 3.35. The molecule has 8 heteroatoms. The van der Waals surface area contributed by atoms with Crippen molar-refractivity contribution in [1.29, 1.82) is 0 Å². The third-order valence-corrected chi connectivity index (χ3v) is 4.60. The molecule has 2 aromatic rings. The number of nitrogens with two attached hydrogens (primary N) is 1. The number of methoxy groups -OCH3 is 1. The second-order valence-corrected chi connectivity index (χ2v) is 6.00. The smallest absolute Gasteiger partial charge is 0.428 e. The molecule has 0 bridgehead atoms. The number of halogens is 1. The number of carbonyl (C=O) groups is 1. The topological polar surface area (TPSA) is 97.9 Å².